The number of amides is 1. The summed E-state index contributed by atoms with van der Waals surface area (Å²) < 4.78 is 0. The monoisotopic (exact) mass is 190 g/mol. The zero-order valence-corrected chi connectivity index (χ0v) is 8.21. The molecule has 2 rings (SSSR count). The summed E-state index contributed by atoms with van der Waals surface area (Å²) in [4.78, 5) is 11.4. The van der Waals surface area contributed by atoms with Crippen molar-refractivity contribution < 1.29 is 4.79 Å². The number of hydrogen-bond acceptors (Lipinski definition) is 2. The summed E-state index contributed by atoms with van der Waals surface area (Å²) in [6.07, 6.45) is 0.533. The van der Waals surface area contributed by atoms with Crippen molar-refractivity contribution in [3.8, 4) is 0 Å². The molecule has 74 valence electrons. The molecule has 0 spiro atoms. The van der Waals surface area contributed by atoms with Crippen LogP contribution < -0.4 is 10.6 Å². The first kappa shape index (κ1) is 9.21. The molecule has 0 fully saturated rings. The van der Waals surface area contributed by atoms with Crippen LogP contribution in [0.1, 0.15) is 24.9 Å². The number of carbonyl (C=O) groups is 1. The van der Waals surface area contributed by atoms with Gasteiger partial charge in [0, 0.05) is 18.2 Å². The van der Waals surface area contributed by atoms with Gasteiger partial charge in [0.25, 0.3) is 0 Å². The molecular weight excluding hydrogens is 176 g/mol. The van der Waals surface area contributed by atoms with Crippen molar-refractivity contribution in [2.24, 2.45) is 0 Å². The van der Waals surface area contributed by atoms with Crippen LogP contribution in [0.4, 0.5) is 5.69 Å². The molecule has 0 bridgehead atoms. The average molecular weight is 190 g/mol. The number of fused-ring (bicyclic) bond motifs is 1. The van der Waals surface area contributed by atoms with Gasteiger partial charge in [0.1, 0.15) is 0 Å². The number of hydrogen-bond donors (Lipinski definition) is 2. The van der Waals surface area contributed by atoms with E-state index in [0.29, 0.717) is 6.42 Å². The lowest BCUT2D eigenvalue weighted by molar-refractivity contribution is -0.117. The van der Waals surface area contributed by atoms with Crippen molar-refractivity contribution in [3.63, 3.8) is 0 Å². The maximum atomic E-state index is 11.4. The summed E-state index contributed by atoms with van der Waals surface area (Å²) in [6.45, 7) is 2.93. The summed E-state index contributed by atoms with van der Waals surface area (Å²) in [7, 11) is 0. The van der Waals surface area contributed by atoms with Gasteiger partial charge >= 0.3 is 0 Å². The molecule has 1 aliphatic heterocycles. The van der Waals surface area contributed by atoms with E-state index in [1.54, 1.807) is 0 Å². The first-order chi connectivity index (χ1) is 6.81. The number of benzene rings is 1. The fourth-order valence-corrected chi connectivity index (χ4v) is 1.84. The molecule has 1 aromatic carbocycles. The van der Waals surface area contributed by atoms with E-state index in [4.69, 9.17) is 0 Å². The molecule has 1 heterocycles. The Kier molecular flexibility index (Phi) is 2.50. The zero-order chi connectivity index (χ0) is 9.97. The number of anilines is 1. The molecule has 3 nitrogen and oxygen atoms in total. The number of para-hydroxylation sites is 1. The van der Waals surface area contributed by atoms with Crippen LogP contribution in [0.15, 0.2) is 24.3 Å². The summed E-state index contributed by atoms with van der Waals surface area (Å²) in [5.41, 5.74) is 2.13. The maximum Gasteiger partial charge on any atom is 0.226 e. The van der Waals surface area contributed by atoms with Crippen LogP contribution >= 0.6 is 0 Å². The predicted octanol–water partition coefficient (Wildman–Crippen LogP) is 1.68. The molecule has 0 saturated heterocycles. The quantitative estimate of drug-likeness (QED) is 0.745. The first-order valence-corrected chi connectivity index (χ1v) is 4.93. The second kappa shape index (κ2) is 3.80. The molecule has 1 aliphatic rings. The lowest BCUT2D eigenvalue weighted by Crippen LogP contribution is -2.31. The largest absolute Gasteiger partial charge is 0.326 e. The Hall–Kier alpha value is -1.35. The van der Waals surface area contributed by atoms with Gasteiger partial charge in [-0.1, -0.05) is 25.1 Å². The molecular formula is C11H14N2O. The molecule has 1 atom stereocenters. The third-order valence-electron chi connectivity index (χ3n) is 2.45. The third-order valence-corrected chi connectivity index (χ3v) is 2.45. The molecule has 0 aliphatic carbocycles. The van der Waals surface area contributed by atoms with Crippen molar-refractivity contribution in [1.29, 1.82) is 0 Å². The van der Waals surface area contributed by atoms with Crippen LogP contribution in [0.25, 0.3) is 0 Å². The Morgan fingerprint density at radius 2 is 2.29 bits per heavy atom. The van der Waals surface area contributed by atoms with Gasteiger partial charge in [-0.25, -0.2) is 0 Å². The van der Waals surface area contributed by atoms with E-state index in [1.807, 2.05) is 18.2 Å². The average Bonchev–Trinajstić information content (AvgIpc) is 2.18. The normalized spacial score (nSPS) is 20.1. The van der Waals surface area contributed by atoms with Crippen LogP contribution in [0.3, 0.4) is 0 Å². The molecule has 14 heavy (non-hydrogen) atoms. The van der Waals surface area contributed by atoms with Crippen molar-refractivity contribution in [1.82, 2.24) is 5.32 Å². The van der Waals surface area contributed by atoms with Crippen molar-refractivity contribution >= 4 is 11.6 Å². The van der Waals surface area contributed by atoms with E-state index in [1.165, 1.54) is 5.56 Å². The first-order valence-electron chi connectivity index (χ1n) is 4.93. The standard InChI is InChI=1S/C11H14N2O/c1-2-12-10-7-11(14)13-9-6-4-3-5-8(9)10/h3-6,10,12H,2,7H2,1H3,(H,13,14). The molecule has 1 amide bonds. The van der Waals surface area contributed by atoms with Crippen molar-refractivity contribution in [2.75, 3.05) is 11.9 Å². The van der Waals surface area contributed by atoms with Crippen LogP contribution in [-0.2, 0) is 4.79 Å². The van der Waals surface area contributed by atoms with Gasteiger partial charge in [0.05, 0.1) is 0 Å². The van der Waals surface area contributed by atoms with Gasteiger partial charge in [0.2, 0.25) is 5.91 Å². The minimum atomic E-state index is 0.0923. The highest BCUT2D eigenvalue weighted by molar-refractivity contribution is 5.94. The van der Waals surface area contributed by atoms with E-state index in [9.17, 15) is 4.79 Å². The summed E-state index contributed by atoms with van der Waals surface area (Å²) in [5, 5.41) is 6.18. The topological polar surface area (TPSA) is 41.1 Å². The van der Waals surface area contributed by atoms with E-state index in [2.05, 4.69) is 23.6 Å². The lowest BCUT2D eigenvalue weighted by atomic mass is 9.97. The molecule has 1 aromatic rings. The molecule has 2 N–H and O–H groups in total. The summed E-state index contributed by atoms with van der Waals surface area (Å²) >= 11 is 0. The van der Waals surface area contributed by atoms with Gasteiger partial charge in [0.15, 0.2) is 0 Å². The van der Waals surface area contributed by atoms with E-state index >= 15 is 0 Å². The van der Waals surface area contributed by atoms with Gasteiger partial charge < -0.3 is 10.6 Å². The second-order valence-electron chi connectivity index (χ2n) is 3.45. The molecule has 0 aromatic heterocycles. The molecule has 0 radical (unpaired) electrons. The van der Waals surface area contributed by atoms with Crippen LogP contribution in [0.2, 0.25) is 0 Å². The van der Waals surface area contributed by atoms with E-state index < -0.39 is 0 Å². The van der Waals surface area contributed by atoms with Crippen LogP contribution in [0.5, 0.6) is 0 Å². The SMILES string of the molecule is CCNC1CC(=O)Nc2ccccc21. The highest BCUT2D eigenvalue weighted by Crippen LogP contribution is 2.29. The van der Waals surface area contributed by atoms with Gasteiger partial charge in [-0.05, 0) is 18.2 Å². The number of rotatable bonds is 2. The fourth-order valence-electron chi connectivity index (χ4n) is 1.84. The van der Waals surface area contributed by atoms with Gasteiger partial charge in [-0.2, -0.15) is 0 Å². The predicted molar refractivity (Wildman–Crippen MR) is 56.1 cm³/mol. The molecule has 0 saturated carbocycles. The molecule has 1 unspecified atom stereocenters. The highest BCUT2D eigenvalue weighted by atomic mass is 16.1. The van der Waals surface area contributed by atoms with E-state index in [0.717, 1.165) is 12.2 Å². The van der Waals surface area contributed by atoms with Crippen LogP contribution in [0, 0.1) is 0 Å². The minimum Gasteiger partial charge on any atom is -0.326 e. The Balaban J connectivity index is 2.33. The maximum absolute atomic E-state index is 11.4. The Bertz CT molecular complexity index is 349. The molecule has 3 heteroatoms. The van der Waals surface area contributed by atoms with Crippen molar-refractivity contribution in [2.45, 2.75) is 19.4 Å². The highest BCUT2D eigenvalue weighted by Gasteiger charge is 2.23. The second-order valence-corrected chi connectivity index (χ2v) is 3.45. The fraction of sp³-hybridized carbons (Fsp3) is 0.364. The summed E-state index contributed by atoms with van der Waals surface area (Å²) in [5.74, 6) is 0.0923. The number of nitrogens with one attached hydrogen (secondary N) is 2. The Morgan fingerprint density at radius 3 is 3.07 bits per heavy atom. The zero-order valence-electron chi connectivity index (χ0n) is 8.21. The van der Waals surface area contributed by atoms with Crippen LogP contribution in [-0.4, -0.2) is 12.5 Å². The number of carbonyl (C=O) groups excluding carboxylic acids is 1. The minimum absolute atomic E-state index is 0.0923. The Morgan fingerprint density at radius 1 is 1.50 bits per heavy atom. The van der Waals surface area contributed by atoms with Crippen molar-refractivity contribution in [3.05, 3.63) is 29.8 Å². The summed E-state index contributed by atoms with van der Waals surface area (Å²) in [6, 6.07) is 8.11. The van der Waals surface area contributed by atoms with Gasteiger partial charge in [-0.3, -0.25) is 4.79 Å². The smallest absolute Gasteiger partial charge is 0.226 e. The third kappa shape index (κ3) is 1.63. The van der Waals surface area contributed by atoms with E-state index in [-0.39, 0.29) is 11.9 Å². The lowest BCUT2D eigenvalue weighted by Gasteiger charge is -2.25. The van der Waals surface area contributed by atoms with Gasteiger partial charge in [-0.15, -0.1) is 0 Å². The Labute approximate surface area is 83.5 Å².